The van der Waals surface area contributed by atoms with Crippen molar-refractivity contribution >= 4 is 40.4 Å². The summed E-state index contributed by atoms with van der Waals surface area (Å²) >= 11 is 0.932. The van der Waals surface area contributed by atoms with Gasteiger partial charge in [-0.25, -0.2) is 0 Å². The number of hydrogen-bond donors (Lipinski definition) is 1. The topological polar surface area (TPSA) is 86.8 Å². The van der Waals surface area contributed by atoms with Crippen LogP contribution in [0.4, 0.5) is 10.5 Å². The van der Waals surface area contributed by atoms with Gasteiger partial charge in [0.2, 0.25) is 5.91 Å². The fourth-order valence-corrected chi connectivity index (χ4v) is 3.48. The summed E-state index contributed by atoms with van der Waals surface area (Å²) in [5.41, 5.74) is 1.49. The van der Waals surface area contributed by atoms with Gasteiger partial charge in [0, 0.05) is 18.8 Å². The van der Waals surface area contributed by atoms with Gasteiger partial charge >= 0.3 is 11.8 Å². The van der Waals surface area contributed by atoms with Crippen LogP contribution in [0.25, 0.3) is 0 Å². The molecule has 144 valence electrons. The lowest BCUT2D eigenvalue weighted by Crippen LogP contribution is -2.45. The first-order valence-electron chi connectivity index (χ1n) is 8.72. The number of carbonyl (C=O) groups is 4. The lowest BCUT2D eigenvalue weighted by atomic mass is 10.2. The Hall–Kier alpha value is -3.13. The molecular formula is C20H19N3O4S. The molecule has 1 N–H and O–H groups in total. The maximum Gasteiger partial charge on any atom is 0.316 e. The monoisotopic (exact) mass is 397 g/mol. The largest absolute Gasteiger partial charge is 0.346 e. The van der Waals surface area contributed by atoms with Crippen molar-refractivity contribution in [2.24, 2.45) is 0 Å². The Kier molecular flexibility index (Phi) is 6.44. The van der Waals surface area contributed by atoms with Crippen molar-refractivity contribution in [3.8, 4) is 0 Å². The summed E-state index contributed by atoms with van der Waals surface area (Å²) in [6, 6.07) is 18.3. The number of nitrogens with zero attached hydrogens (tertiary/aromatic N) is 2. The van der Waals surface area contributed by atoms with E-state index >= 15 is 0 Å². The first kappa shape index (κ1) is 19.6. The van der Waals surface area contributed by atoms with E-state index in [0.29, 0.717) is 5.69 Å². The van der Waals surface area contributed by atoms with Crippen molar-refractivity contribution in [2.75, 3.05) is 23.7 Å². The normalized spacial score (nSPS) is 13.5. The number of carbonyl (C=O) groups excluding carboxylic acids is 4. The summed E-state index contributed by atoms with van der Waals surface area (Å²) in [6.45, 7) is 0.321. The van der Waals surface area contributed by atoms with Gasteiger partial charge in [-0.05, 0) is 17.7 Å². The number of thioether (sulfide) groups is 1. The second kappa shape index (κ2) is 9.18. The van der Waals surface area contributed by atoms with E-state index in [9.17, 15) is 19.2 Å². The molecule has 1 aliphatic heterocycles. The minimum Gasteiger partial charge on any atom is -0.346 e. The van der Waals surface area contributed by atoms with E-state index in [1.165, 1.54) is 4.90 Å². The molecule has 0 radical (unpaired) electrons. The van der Waals surface area contributed by atoms with Crippen LogP contribution in [0.5, 0.6) is 0 Å². The van der Waals surface area contributed by atoms with E-state index in [1.807, 2.05) is 36.4 Å². The first-order chi connectivity index (χ1) is 13.6. The van der Waals surface area contributed by atoms with Crippen LogP contribution in [-0.2, 0) is 20.9 Å². The second-order valence-electron chi connectivity index (χ2n) is 6.07. The van der Waals surface area contributed by atoms with E-state index in [1.54, 1.807) is 24.3 Å². The SMILES string of the molecule is O=C(NCCN1C(=O)CSC1=O)C(=O)N(Cc1ccccc1)c1ccccc1. The molecule has 0 atom stereocenters. The van der Waals surface area contributed by atoms with Gasteiger partial charge in [-0.3, -0.25) is 29.0 Å². The van der Waals surface area contributed by atoms with Crippen molar-refractivity contribution in [1.29, 1.82) is 0 Å². The quantitative estimate of drug-likeness (QED) is 0.754. The lowest BCUT2D eigenvalue weighted by Gasteiger charge is -2.22. The zero-order valence-corrected chi connectivity index (χ0v) is 15.9. The maximum absolute atomic E-state index is 12.8. The number of imide groups is 1. The predicted molar refractivity (Wildman–Crippen MR) is 107 cm³/mol. The molecule has 3 rings (SSSR count). The summed E-state index contributed by atoms with van der Waals surface area (Å²) in [5.74, 6) is -1.66. The van der Waals surface area contributed by atoms with Crippen molar-refractivity contribution in [2.45, 2.75) is 6.54 Å². The van der Waals surface area contributed by atoms with Crippen LogP contribution in [0.15, 0.2) is 60.7 Å². The smallest absolute Gasteiger partial charge is 0.316 e. The molecule has 2 aromatic carbocycles. The molecule has 1 fully saturated rings. The molecule has 2 aromatic rings. The molecule has 4 amide bonds. The third-order valence-electron chi connectivity index (χ3n) is 4.15. The molecule has 7 nitrogen and oxygen atoms in total. The molecule has 28 heavy (non-hydrogen) atoms. The Morgan fingerprint density at radius 1 is 1.00 bits per heavy atom. The Balaban J connectivity index is 1.65. The molecule has 0 saturated carbocycles. The van der Waals surface area contributed by atoms with Crippen LogP contribution in [0, 0.1) is 0 Å². The average Bonchev–Trinajstić information content (AvgIpc) is 3.05. The van der Waals surface area contributed by atoms with Crippen molar-refractivity contribution < 1.29 is 19.2 Å². The Morgan fingerprint density at radius 3 is 2.25 bits per heavy atom. The predicted octanol–water partition coefficient (Wildman–Crippen LogP) is 2.03. The van der Waals surface area contributed by atoms with Crippen LogP contribution in [0.3, 0.4) is 0 Å². The van der Waals surface area contributed by atoms with E-state index in [-0.39, 0.29) is 36.5 Å². The molecule has 0 aliphatic carbocycles. The number of anilines is 1. The molecule has 1 heterocycles. The van der Waals surface area contributed by atoms with Gasteiger partial charge in [0.05, 0.1) is 12.3 Å². The Bertz CT molecular complexity index is 858. The highest BCUT2D eigenvalue weighted by Crippen LogP contribution is 2.18. The number of nitrogens with one attached hydrogen (secondary N) is 1. The molecule has 0 unspecified atom stereocenters. The summed E-state index contributed by atoms with van der Waals surface area (Å²) < 4.78 is 0. The van der Waals surface area contributed by atoms with Crippen molar-refractivity contribution in [3.63, 3.8) is 0 Å². The van der Waals surface area contributed by atoms with Gasteiger partial charge < -0.3 is 5.32 Å². The highest BCUT2D eigenvalue weighted by Gasteiger charge is 2.30. The van der Waals surface area contributed by atoms with Crippen LogP contribution in [-0.4, -0.2) is 46.7 Å². The summed E-state index contributed by atoms with van der Waals surface area (Å²) in [7, 11) is 0. The van der Waals surface area contributed by atoms with Gasteiger partial charge in [0.15, 0.2) is 0 Å². The Labute approximate surface area is 166 Å². The second-order valence-corrected chi connectivity index (χ2v) is 6.99. The number of rotatable bonds is 6. The van der Waals surface area contributed by atoms with E-state index in [0.717, 1.165) is 22.2 Å². The standard InChI is InChI=1S/C20H19N3O4S/c24-17-14-28-20(27)22(17)12-11-21-18(25)19(26)23(16-9-5-2-6-10-16)13-15-7-3-1-4-8-15/h1-10H,11-14H2,(H,21,25). The lowest BCUT2D eigenvalue weighted by molar-refractivity contribution is -0.137. The van der Waals surface area contributed by atoms with Crippen LogP contribution >= 0.6 is 11.8 Å². The average molecular weight is 397 g/mol. The van der Waals surface area contributed by atoms with Crippen molar-refractivity contribution in [3.05, 3.63) is 66.2 Å². The van der Waals surface area contributed by atoms with Crippen LogP contribution in [0.1, 0.15) is 5.56 Å². The van der Waals surface area contributed by atoms with E-state index in [4.69, 9.17) is 0 Å². The van der Waals surface area contributed by atoms with Gasteiger partial charge in [-0.15, -0.1) is 0 Å². The molecule has 0 spiro atoms. The summed E-state index contributed by atoms with van der Waals surface area (Å²) in [5, 5.41) is 2.17. The third-order valence-corrected chi connectivity index (χ3v) is 5.01. The van der Waals surface area contributed by atoms with Gasteiger partial charge in [-0.1, -0.05) is 60.3 Å². The third kappa shape index (κ3) is 4.77. The molecule has 0 aromatic heterocycles. The minimum atomic E-state index is -0.786. The van der Waals surface area contributed by atoms with Crippen LogP contribution in [0.2, 0.25) is 0 Å². The molecule has 8 heteroatoms. The zero-order valence-electron chi connectivity index (χ0n) is 15.0. The zero-order chi connectivity index (χ0) is 19.9. The maximum atomic E-state index is 12.8. The molecule has 1 aliphatic rings. The van der Waals surface area contributed by atoms with E-state index in [2.05, 4.69) is 5.32 Å². The fourth-order valence-electron chi connectivity index (χ4n) is 2.73. The molecular weight excluding hydrogens is 378 g/mol. The van der Waals surface area contributed by atoms with Crippen molar-refractivity contribution in [1.82, 2.24) is 10.2 Å². The number of para-hydroxylation sites is 1. The van der Waals surface area contributed by atoms with Gasteiger partial charge in [-0.2, -0.15) is 0 Å². The highest BCUT2D eigenvalue weighted by molar-refractivity contribution is 8.14. The van der Waals surface area contributed by atoms with Gasteiger partial charge in [0.25, 0.3) is 5.24 Å². The number of benzene rings is 2. The summed E-state index contributed by atoms with van der Waals surface area (Å²) in [6.07, 6.45) is 0. The highest BCUT2D eigenvalue weighted by atomic mass is 32.2. The minimum absolute atomic E-state index is 0.0244. The van der Waals surface area contributed by atoms with E-state index < -0.39 is 11.8 Å². The number of hydrogen-bond acceptors (Lipinski definition) is 5. The molecule has 0 bridgehead atoms. The fraction of sp³-hybridized carbons (Fsp3) is 0.200. The summed E-state index contributed by atoms with van der Waals surface area (Å²) in [4.78, 5) is 50.8. The van der Waals surface area contributed by atoms with Gasteiger partial charge in [0.1, 0.15) is 0 Å². The van der Waals surface area contributed by atoms with Crippen LogP contribution < -0.4 is 10.2 Å². The first-order valence-corrected chi connectivity index (χ1v) is 9.70. The number of amides is 4. The Morgan fingerprint density at radius 2 is 1.64 bits per heavy atom. The molecule has 1 saturated heterocycles.